The van der Waals surface area contributed by atoms with Crippen molar-refractivity contribution in [3.63, 3.8) is 0 Å². The van der Waals surface area contributed by atoms with Gasteiger partial charge in [-0.25, -0.2) is 4.79 Å². The Morgan fingerprint density at radius 2 is 2.24 bits per heavy atom. The third kappa shape index (κ3) is 4.26. The van der Waals surface area contributed by atoms with Gasteiger partial charge in [0.15, 0.2) is 5.83 Å². The van der Waals surface area contributed by atoms with Crippen molar-refractivity contribution in [1.82, 2.24) is 4.90 Å². The first-order valence-electron chi connectivity index (χ1n) is 6.78. The van der Waals surface area contributed by atoms with E-state index in [0.717, 1.165) is 0 Å². The van der Waals surface area contributed by atoms with E-state index < -0.39 is 28.6 Å². The first-order valence-corrected chi connectivity index (χ1v) is 7.90. The number of amides is 1. The minimum Gasteiger partial charge on any atom is -0.443 e. The SMILES string of the molecule is CC.O=C1OC(CBr)CN1C1C=C([N+](=O)[O-])C(F)=CCC1. The number of halogens is 2. The highest BCUT2D eigenvalue weighted by Gasteiger charge is 2.36. The first kappa shape index (κ1) is 17.6. The highest BCUT2D eigenvalue weighted by atomic mass is 79.9. The summed E-state index contributed by atoms with van der Waals surface area (Å²) in [6, 6.07) is -0.513. The monoisotopic (exact) mass is 364 g/mol. The fraction of sp³-hybridized carbons (Fsp3) is 0.615. The van der Waals surface area contributed by atoms with Crippen molar-refractivity contribution in [1.29, 1.82) is 0 Å². The fourth-order valence-corrected chi connectivity index (χ4v) is 2.45. The molecule has 0 aromatic heterocycles. The van der Waals surface area contributed by atoms with Gasteiger partial charge in [-0.3, -0.25) is 15.0 Å². The summed E-state index contributed by atoms with van der Waals surface area (Å²) in [4.78, 5) is 23.1. The zero-order valence-electron chi connectivity index (χ0n) is 11.9. The molecule has 118 valence electrons. The molecular formula is C13H18BrFN2O4. The largest absolute Gasteiger partial charge is 0.443 e. The normalized spacial score (nSPS) is 25.1. The van der Waals surface area contributed by atoms with Crippen molar-refractivity contribution in [3.05, 3.63) is 33.8 Å². The Kier molecular flexibility index (Phi) is 6.80. The number of alkyl halides is 1. The van der Waals surface area contributed by atoms with Crippen LogP contribution in [0.15, 0.2) is 23.7 Å². The van der Waals surface area contributed by atoms with Crippen LogP contribution in [0.2, 0.25) is 0 Å². The van der Waals surface area contributed by atoms with E-state index in [9.17, 15) is 19.3 Å². The molecule has 1 amide bonds. The quantitative estimate of drug-likeness (QED) is 0.437. The number of cyclic esters (lactones) is 1. The summed E-state index contributed by atoms with van der Waals surface area (Å²) >= 11 is 3.22. The van der Waals surface area contributed by atoms with Crippen molar-refractivity contribution in [3.8, 4) is 0 Å². The van der Waals surface area contributed by atoms with E-state index in [-0.39, 0.29) is 6.10 Å². The van der Waals surface area contributed by atoms with E-state index in [1.54, 1.807) is 0 Å². The zero-order chi connectivity index (χ0) is 16.0. The molecule has 0 aromatic carbocycles. The summed E-state index contributed by atoms with van der Waals surface area (Å²) in [6.07, 6.45) is 2.35. The molecule has 8 heteroatoms. The summed E-state index contributed by atoms with van der Waals surface area (Å²) in [7, 11) is 0. The zero-order valence-corrected chi connectivity index (χ0v) is 13.5. The Morgan fingerprint density at radius 1 is 1.57 bits per heavy atom. The third-order valence-electron chi connectivity index (χ3n) is 3.05. The van der Waals surface area contributed by atoms with Gasteiger partial charge in [-0.2, -0.15) is 4.39 Å². The van der Waals surface area contributed by atoms with Gasteiger partial charge < -0.3 is 4.74 Å². The topological polar surface area (TPSA) is 72.7 Å². The molecule has 0 N–H and O–H groups in total. The first-order chi connectivity index (χ1) is 10.0. The number of ether oxygens (including phenoxy) is 1. The number of nitro groups is 1. The average molecular weight is 365 g/mol. The molecule has 1 fully saturated rings. The highest BCUT2D eigenvalue weighted by Crippen LogP contribution is 2.26. The van der Waals surface area contributed by atoms with E-state index in [1.807, 2.05) is 13.8 Å². The maximum Gasteiger partial charge on any atom is 0.410 e. The van der Waals surface area contributed by atoms with E-state index in [0.29, 0.717) is 24.7 Å². The van der Waals surface area contributed by atoms with Gasteiger partial charge in [0, 0.05) is 11.4 Å². The molecule has 21 heavy (non-hydrogen) atoms. The van der Waals surface area contributed by atoms with Crippen LogP contribution < -0.4 is 0 Å². The van der Waals surface area contributed by atoms with Crippen LogP contribution in [0.25, 0.3) is 0 Å². The summed E-state index contributed by atoms with van der Waals surface area (Å²) in [6.45, 7) is 4.35. The van der Waals surface area contributed by atoms with E-state index in [1.165, 1.54) is 17.1 Å². The molecule has 1 aliphatic heterocycles. The molecule has 1 saturated heterocycles. The van der Waals surface area contributed by atoms with E-state index in [2.05, 4.69) is 15.9 Å². The molecule has 2 unspecified atom stereocenters. The lowest BCUT2D eigenvalue weighted by atomic mass is 10.1. The molecule has 2 aliphatic rings. The van der Waals surface area contributed by atoms with Crippen molar-refractivity contribution < 1.29 is 18.8 Å². The van der Waals surface area contributed by atoms with Crippen LogP contribution in [-0.4, -0.2) is 39.9 Å². The third-order valence-corrected chi connectivity index (χ3v) is 3.77. The van der Waals surface area contributed by atoms with Crippen molar-refractivity contribution in [2.24, 2.45) is 0 Å². The molecule has 0 spiro atoms. The van der Waals surface area contributed by atoms with Crippen LogP contribution in [0, 0.1) is 10.1 Å². The lowest BCUT2D eigenvalue weighted by Gasteiger charge is -2.21. The predicted molar refractivity (Wildman–Crippen MR) is 79.4 cm³/mol. The second kappa shape index (κ2) is 8.11. The van der Waals surface area contributed by atoms with Crippen LogP contribution in [0.4, 0.5) is 9.18 Å². The average Bonchev–Trinajstić information content (AvgIpc) is 2.73. The Morgan fingerprint density at radius 3 is 2.76 bits per heavy atom. The van der Waals surface area contributed by atoms with Gasteiger partial charge in [-0.05, 0) is 18.9 Å². The van der Waals surface area contributed by atoms with Crippen LogP contribution in [-0.2, 0) is 4.74 Å². The van der Waals surface area contributed by atoms with Gasteiger partial charge in [-0.1, -0.05) is 29.8 Å². The molecule has 0 radical (unpaired) electrons. The smallest absolute Gasteiger partial charge is 0.410 e. The summed E-state index contributed by atoms with van der Waals surface area (Å²) in [5.74, 6) is -0.850. The number of rotatable bonds is 3. The molecule has 1 aliphatic carbocycles. The number of carbonyl (C=O) groups excluding carboxylic acids is 1. The number of allylic oxidation sites excluding steroid dienone is 2. The van der Waals surface area contributed by atoms with Gasteiger partial charge in [0.1, 0.15) is 6.10 Å². The second-order valence-electron chi connectivity index (χ2n) is 4.32. The predicted octanol–water partition coefficient (Wildman–Crippen LogP) is 3.40. The molecule has 0 bridgehead atoms. The molecule has 2 atom stereocenters. The van der Waals surface area contributed by atoms with Crippen LogP contribution >= 0.6 is 15.9 Å². The maximum atomic E-state index is 13.5. The number of hydrogen-bond acceptors (Lipinski definition) is 4. The molecule has 2 rings (SSSR count). The number of nitrogens with zero attached hydrogens (tertiary/aromatic N) is 2. The summed E-state index contributed by atoms with van der Waals surface area (Å²) in [5, 5.41) is 11.3. The molecule has 0 aromatic rings. The summed E-state index contributed by atoms with van der Waals surface area (Å²) < 4.78 is 18.5. The van der Waals surface area contributed by atoms with Gasteiger partial charge in [0.2, 0.25) is 0 Å². The Bertz CT molecular complexity index is 467. The van der Waals surface area contributed by atoms with E-state index in [4.69, 9.17) is 4.74 Å². The van der Waals surface area contributed by atoms with Gasteiger partial charge >= 0.3 is 11.8 Å². The molecular weight excluding hydrogens is 347 g/mol. The minimum atomic E-state index is -0.850. The minimum absolute atomic E-state index is 0.277. The number of carbonyl (C=O) groups is 1. The maximum absolute atomic E-state index is 13.5. The Balaban J connectivity index is 0.00000106. The standard InChI is InChI=1S/C11H12BrFN2O4.C2H6/c12-5-8-6-14(11(16)19-8)7-2-1-3-9(13)10(4-7)15(17)18;1-2/h3-4,7-8H,1-2,5-6H2;1-2H3. The van der Waals surface area contributed by atoms with E-state index >= 15 is 0 Å². The lowest BCUT2D eigenvalue weighted by Crippen LogP contribution is -2.35. The summed E-state index contributed by atoms with van der Waals surface area (Å²) in [5.41, 5.74) is -0.586. The molecule has 6 nitrogen and oxygen atoms in total. The molecule has 0 saturated carbocycles. The van der Waals surface area contributed by atoms with Gasteiger partial charge in [0.05, 0.1) is 17.5 Å². The van der Waals surface area contributed by atoms with Crippen molar-refractivity contribution in [2.75, 3.05) is 11.9 Å². The second-order valence-corrected chi connectivity index (χ2v) is 4.97. The van der Waals surface area contributed by atoms with Crippen molar-refractivity contribution >= 4 is 22.0 Å². The number of hydrogen-bond donors (Lipinski definition) is 0. The van der Waals surface area contributed by atoms with Gasteiger partial charge in [-0.15, -0.1) is 0 Å². The Labute approximate surface area is 130 Å². The van der Waals surface area contributed by atoms with Crippen LogP contribution in [0.1, 0.15) is 26.7 Å². The van der Waals surface area contributed by atoms with Gasteiger partial charge in [0.25, 0.3) is 0 Å². The fourth-order valence-electron chi connectivity index (χ4n) is 2.12. The van der Waals surface area contributed by atoms with Crippen LogP contribution in [0.5, 0.6) is 0 Å². The van der Waals surface area contributed by atoms with Crippen LogP contribution in [0.3, 0.4) is 0 Å². The van der Waals surface area contributed by atoms with Crippen molar-refractivity contribution in [2.45, 2.75) is 38.8 Å². The lowest BCUT2D eigenvalue weighted by molar-refractivity contribution is -0.423. The highest BCUT2D eigenvalue weighted by molar-refractivity contribution is 9.09. The molecule has 1 heterocycles. The Hall–Kier alpha value is -1.44.